The number of aromatic nitrogens is 4. The molecule has 0 spiro atoms. The number of hydrogen-bond donors (Lipinski definition) is 1. The van der Waals surface area contributed by atoms with Crippen molar-refractivity contribution in [3.63, 3.8) is 0 Å². The van der Waals surface area contributed by atoms with Crippen molar-refractivity contribution in [2.24, 2.45) is 5.73 Å². The molecule has 0 aliphatic carbocycles. The molecule has 2 aromatic heterocycles. The van der Waals surface area contributed by atoms with Crippen molar-refractivity contribution in [2.75, 3.05) is 21.3 Å². The van der Waals surface area contributed by atoms with Crippen LogP contribution in [0.25, 0.3) is 16.8 Å². The third-order valence-electron chi connectivity index (χ3n) is 3.86. The van der Waals surface area contributed by atoms with E-state index in [-0.39, 0.29) is 17.5 Å². The lowest BCUT2D eigenvalue weighted by Gasteiger charge is -2.11. The Hall–Kier alpha value is -3.95. The molecule has 3 aromatic rings. The fourth-order valence-corrected chi connectivity index (χ4v) is 2.58. The lowest BCUT2D eigenvalue weighted by molar-refractivity contribution is 0.0594. The Bertz CT molecular complexity index is 1050. The van der Waals surface area contributed by atoms with Crippen molar-refractivity contribution < 1.29 is 23.8 Å². The van der Waals surface area contributed by atoms with Crippen molar-refractivity contribution in [1.29, 1.82) is 0 Å². The topological polar surface area (TPSA) is 131 Å². The summed E-state index contributed by atoms with van der Waals surface area (Å²) in [6.07, 6.45) is 2.94. The number of imidazole rings is 1. The molecule has 2 heterocycles. The third-order valence-corrected chi connectivity index (χ3v) is 3.86. The van der Waals surface area contributed by atoms with Gasteiger partial charge in [-0.25, -0.2) is 14.8 Å². The molecule has 0 radical (unpaired) electrons. The lowest BCUT2D eigenvalue weighted by atomic mass is 10.1. The molecule has 1 aromatic carbocycles. The van der Waals surface area contributed by atoms with Gasteiger partial charge in [0.05, 0.1) is 26.9 Å². The van der Waals surface area contributed by atoms with Crippen LogP contribution in [-0.4, -0.2) is 52.7 Å². The quantitative estimate of drug-likeness (QED) is 0.629. The fourth-order valence-electron chi connectivity index (χ4n) is 2.58. The van der Waals surface area contributed by atoms with Crippen LogP contribution in [0.2, 0.25) is 0 Å². The summed E-state index contributed by atoms with van der Waals surface area (Å²) in [5, 5.41) is 0. The van der Waals surface area contributed by atoms with Crippen LogP contribution in [0.5, 0.6) is 11.9 Å². The first-order valence-corrected chi connectivity index (χ1v) is 8.01. The predicted molar refractivity (Wildman–Crippen MR) is 97.6 cm³/mol. The minimum absolute atomic E-state index is 0.0351. The molecule has 144 valence electrons. The van der Waals surface area contributed by atoms with E-state index in [1.54, 1.807) is 24.4 Å². The van der Waals surface area contributed by atoms with Gasteiger partial charge in [-0.05, 0) is 17.7 Å². The number of methoxy groups -OCH3 is 3. The number of rotatable bonds is 6. The van der Waals surface area contributed by atoms with Gasteiger partial charge in [0.1, 0.15) is 0 Å². The van der Waals surface area contributed by atoms with E-state index in [0.29, 0.717) is 22.7 Å². The SMILES string of the molecule is COC(=O)c1cn(-c2cccc(-c3cnc(OC)nc3OC)c2)c(C(N)=O)n1. The van der Waals surface area contributed by atoms with Crippen LogP contribution in [0.3, 0.4) is 0 Å². The molecular formula is C18H17N5O5. The Morgan fingerprint density at radius 2 is 1.89 bits per heavy atom. The second-order valence-electron chi connectivity index (χ2n) is 5.51. The Labute approximate surface area is 159 Å². The number of hydrogen-bond acceptors (Lipinski definition) is 8. The van der Waals surface area contributed by atoms with E-state index in [1.807, 2.05) is 6.07 Å². The number of nitrogens with zero attached hydrogens (tertiary/aromatic N) is 4. The molecule has 0 saturated heterocycles. The Kier molecular flexibility index (Phi) is 5.21. The molecule has 2 N–H and O–H groups in total. The number of ether oxygens (including phenoxy) is 3. The number of carbonyl (C=O) groups is 2. The van der Waals surface area contributed by atoms with Gasteiger partial charge < -0.3 is 19.9 Å². The minimum Gasteiger partial charge on any atom is -0.480 e. The highest BCUT2D eigenvalue weighted by atomic mass is 16.5. The zero-order chi connectivity index (χ0) is 20.3. The molecule has 0 atom stereocenters. The molecular weight excluding hydrogens is 366 g/mol. The molecule has 0 bridgehead atoms. The largest absolute Gasteiger partial charge is 0.480 e. The average Bonchev–Trinajstić information content (AvgIpc) is 3.18. The van der Waals surface area contributed by atoms with Gasteiger partial charge >= 0.3 is 12.0 Å². The van der Waals surface area contributed by atoms with E-state index in [9.17, 15) is 9.59 Å². The van der Waals surface area contributed by atoms with Crippen LogP contribution >= 0.6 is 0 Å². The summed E-state index contributed by atoms with van der Waals surface area (Å²) < 4.78 is 16.4. The van der Waals surface area contributed by atoms with Gasteiger partial charge in [-0.2, -0.15) is 4.98 Å². The van der Waals surface area contributed by atoms with Crippen molar-refractivity contribution >= 4 is 11.9 Å². The normalized spacial score (nSPS) is 10.4. The van der Waals surface area contributed by atoms with Crippen LogP contribution in [0.1, 0.15) is 21.1 Å². The van der Waals surface area contributed by atoms with Gasteiger partial charge in [0.15, 0.2) is 5.69 Å². The summed E-state index contributed by atoms with van der Waals surface area (Å²) >= 11 is 0. The highest BCUT2D eigenvalue weighted by Crippen LogP contribution is 2.30. The summed E-state index contributed by atoms with van der Waals surface area (Å²) in [6, 6.07) is 7.24. The maximum absolute atomic E-state index is 11.8. The van der Waals surface area contributed by atoms with Crippen LogP contribution in [-0.2, 0) is 4.74 Å². The maximum Gasteiger partial charge on any atom is 0.358 e. The monoisotopic (exact) mass is 383 g/mol. The van der Waals surface area contributed by atoms with Gasteiger partial charge in [0, 0.05) is 18.1 Å². The van der Waals surface area contributed by atoms with Crippen molar-refractivity contribution in [2.45, 2.75) is 0 Å². The highest BCUT2D eigenvalue weighted by molar-refractivity contribution is 5.93. The van der Waals surface area contributed by atoms with Gasteiger partial charge in [-0.1, -0.05) is 12.1 Å². The first-order valence-electron chi connectivity index (χ1n) is 8.01. The van der Waals surface area contributed by atoms with Gasteiger partial charge in [0.25, 0.3) is 5.91 Å². The maximum atomic E-state index is 11.8. The van der Waals surface area contributed by atoms with Crippen molar-refractivity contribution in [1.82, 2.24) is 19.5 Å². The number of carbonyl (C=O) groups excluding carboxylic acids is 2. The van der Waals surface area contributed by atoms with Crippen LogP contribution in [0.15, 0.2) is 36.7 Å². The Morgan fingerprint density at radius 1 is 1.11 bits per heavy atom. The van der Waals surface area contributed by atoms with E-state index in [2.05, 4.69) is 19.7 Å². The van der Waals surface area contributed by atoms with Crippen molar-refractivity contribution in [3.05, 3.63) is 48.2 Å². The second kappa shape index (κ2) is 7.74. The number of benzene rings is 1. The minimum atomic E-state index is -0.786. The van der Waals surface area contributed by atoms with Crippen LogP contribution in [0.4, 0.5) is 0 Å². The molecule has 0 aliphatic rings. The predicted octanol–water partition coefficient (Wildman–Crippen LogP) is 1.23. The smallest absolute Gasteiger partial charge is 0.358 e. The molecule has 0 saturated carbocycles. The van der Waals surface area contributed by atoms with Gasteiger partial charge in [0.2, 0.25) is 11.7 Å². The zero-order valence-corrected chi connectivity index (χ0v) is 15.4. The fraction of sp³-hybridized carbons (Fsp3) is 0.167. The second-order valence-corrected chi connectivity index (χ2v) is 5.51. The summed E-state index contributed by atoms with van der Waals surface area (Å²) in [5.41, 5.74) is 7.24. The van der Waals surface area contributed by atoms with Gasteiger partial charge in [-0.3, -0.25) is 9.36 Å². The number of esters is 1. The van der Waals surface area contributed by atoms with Crippen LogP contribution < -0.4 is 15.2 Å². The standard InChI is InChI=1S/C18H17N5O5/c1-26-16-12(8-20-18(22-16)28-3)10-5-4-6-11(7-10)23-9-13(17(25)27-2)21-15(23)14(19)24/h4-9H,1-3H3,(H2,19,24). The van der Waals surface area contributed by atoms with Crippen LogP contribution in [0, 0.1) is 0 Å². The van der Waals surface area contributed by atoms with E-state index in [4.69, 9.17) is 15.2 Å². The summed E-state index contributed by atoms with van der Waals surface area (Å²) in [4.78, 5) is 35.8. The third kappa shape index (κ3) is 3.47. The first-order chi connectivity index (χ1) is 13.5. The molecule has 28 heavy (non-hydrogen) atoms. The number of amides is 1. The molecule has 3 rings (SSSR count). The highest BCUT2D eigenvalue weighted by Gasteiger charge is 2.20. The lowest BCUT2D eigenvalue weighted by Crippen LogP contribution is -2.17. The number of primary amides is 1. The molecule has 10 nitrogen and oxygen atoms in total. The molecule has 0 fully saturated rings. The average molecular weight is 383 g/mol. The Balaban J connectivity index is 2.11. The zero-order valence-electron chi connectivity index (χ0n) is 15.4. The van der Waals surface area contributed by atoms with Crippen molar-refractivity contribution in [3.8, 4) is 28.7 Å². The van der Waals surface area contributed by atoms with E-state index >= 15 is 0 Å². The molecule has 10 heteroatoms. The number of nitrogens with two attached hydrogens (primary N) is 1. The van der Waals surface area contributed by atoms with E-state index in [1.165, 1.54) is 32.1 Å². The molecule has 0 unspecified atom stereocenters. The van der Waals surface area contributed by atoms with Gasteiger partial charge in [-0.15, -0.1) is 0 Å². The summed E-state index contributed by atoms with van der Waals surface area (Å²) in [6.45, 7) is 0. The van der Waals surface area contributed by atoms with E-state index < -0.39 is 11.9 Å². The molecule has 0 aliphatic heterocycles. The summed E-state index contributed by atoms with van der Waals surface area (Å²) in [7, 11) is 4.17. The first kappa shape index (κ1) is 18.8. The molecule has 1 amide bonds. The Morgan fingerprint density at radius 3 is 2.54 bits per heavy atom. The summed E-state index contributed by atoms with van der Waals surface area (Å²) in [5.74, 6) is -1.25. The van der Waals surface area contributed by atoms with E-state index in [0.717, 1.165) is 0 Å².